The van der Waals surface area contributed by atoms with E-state index in [4.69, 9.17) is 0 Å². The normalized spacial score (nSPS) is 11.3. The molecule has 4 aromatic carbocycles. The zero-order valence-corrected chi connectivity index (χ0v) is 21.6. The largest absolute Gasteiger partial charge is 0.321 e. The number of ketones is 1. The van der Waals surface area contributed by atoms with Crippen molar-refractivity contribution in [2.24, 2.45) is 0 Å². The number of nitrogens with one attached hydrogen (secondary N) is 2. The number of allylic oxidation sites excluding steroid dienone is 1. The fourth-order valence-corrected chi connectivity index (χ4v) is 3.71. The van der Waals surface area contributed by atoms with Gasteiger partial charge in [0.2, 0.25) is 0 Å². The molecule has 0 radical (unpaired) electrons. The fourth-order valence-electron chi connectivity index (χ4n) is 3.45. The highest BCUT2D eigenvalue weighted by atomic mass is 79.9. The van der Waals surface area contributed by atoms with Crippen molar-refractivity contribution in [3.05, 3.63) is 147 Å². The van der Waals surface area contributed by atoms with E-state index in [9.17, 15) is 18.8 Å². The van der Waals surface area contributed by atoms with Gasteiger partial charge in [0.05, 0.1) is 0 Å². The molecule has 0 heterocycles. The molecule has 0 aliphatic carbocycles. The Hall–Kier alpha value is -4.62. The lowest BCUT2D eigenvalue weighted by molar-refractivity contribution is -0.113. The average Bonchev–Trinajstić information content (AvgIpc) is 2.94. The minimum Gasteiger partial charge on any atom is -0.321 e. The molecule has 4 aromatic rings. The molecular formula is C31H22BrFN2O3. The maximum Gasteiger partial charge on any atom is 0.272 e. The molecule has 7 heteroatoms. The third-order valence-corrected chi connectivity index (χ3v) is 5.99. The molecule has 2 amide bonds. The fraction of sp³-hybridized carbons (Fsp3) is 0. The molecule has 2 N–H and O–H groups in total. The maximum atomic E-state index is 14.3. The number of hydrogen-bond donors (Lipinski definition) is 2. The van der Waals surface area contributed by atoms with Crippen LogP contribution in [0.25, 0.3) is 12.2 Å². The van der Waals surface area contributed by atoms with E-state index in [1.165, 1.54) is 30.4 Å². The van der Waals surface area contributed by atoms with Crippen molar-refractivity contribution in [2.75, 3.05) is 5.32 Å². The first kappa shape index (κ1) is 26.4. The van der Waals surface area contributed by atoms with Gasteiger partial charge in [-0.3, -0.25) is 14.4 Å². The standard InChI is InChI=1S/C31H22BrFN2O3/c32-25-15-10-21(11-16-25)12-19-29(36)22-13-17-26(18-14-22)34-31(38)28(20-24-8-4-5-9-27(24)33)35-30(37)23-6-2-1-3-7-23/h1-20H,(H,34,38)(H,35,37)/b19-12+,28-20-. The molecule has 0 aliphatic rings. The summed E-state index contributed by atoms with van der Waals surface area (Å²) in [5, 5.41) is 5.26. The van der Waals surface area contributed by atoms with Gasteiger partial charge in [0.15, 0.2) is 5.78 Å². The van der Waals surface area contributed by atoms with Gasteiger partial charge >= 0.3 is 0 Å². The molecule has 0 unspecified atom stereocenters. The van der Waals surface area contributed by atoms with Gasteiger partial charge in [0.1, 0.15) is 11.5 Å². The van der Waals surface area contributed by atoms with Crippen LogP contribution in [-0.2, 0) is 4.79 Å². The van der Waals surface area contributed by atoms with Crippen LogP contribution in [0.1, 0.15) is 31.8 Å². The Labute approximate surface area is 227 Å². The van der Waals surface area contributed by atoms with Gasteiger partial charge in [-0.05, 0) is 72.3 Å². The number of amides is 2. The van der Waals surface area contributed by atoms with E-state index in [0.29, 0.717) is 16.8 Å². The molecule has 188 valence electrons. The Morgan fingerprint density at radius 3 is 2.08 bits per heavy atom. The lowest BCUT2D eigenvalue weighted by atomic mass is 10.1. The Bertz CT molecular complexity index is 1510. The van der Waals surface area contributed by atoms with Gasteiger partial charge in [0, 0.05) is 26.9 Å². The Morgan fingerprint density at radius 1 is 0.737 bits per heavy atom. The second kappa shape index (κ2) is 12.6. The average molecular weight is 569 g/mol. The molecule has 0 fully saturated rings. The molecule has 0 atom stereocenters. The van der Waals surface area contributed by atoms with Crippen LogP contribution in [0, 0.1) is 5.82 Å². The van der Waals surface area contributed by atoms with E-state index in [1.54, 1.807) is 66.7 Å². The predicted octanol–water partition coefficient (Wildman–Crippen LogP) is 6.89. The highest BCUT2D eigenvalue weighted by Crippen LogP contribution is 2.16. The summed E-state index contributed by atoms with van der Waals surface area (Å²) in [6.45, 7) is 0. The summed E-state index contributed by atoms with van der Waals surface area (Å²) < 4.78 is 15.2. The Morgan fingerprint density at radius 2 is 1.39 bits per heavy atom. The monoisotopic (exact) mass is 568 g/mol. The molecule has 0 saturated heterocycles. The first-order valence-corrected chi connectivity index (χ1v) is 12.4. The minimum absolute atomic E-state index is 0.137. The van der Waals surface area contributed by atoms with Gasteiger partial charge in [-0.25, -0.2) is 4.39 Å². The number of rotatable bonds is 8. The van der Waals surface area contributed by atoms with E-state index < -0.39 is 17.6 Å². The Balaban J connectivity index is 1.49. The molecule has 0 bridgehead atoms. The van der Waals surface area contributed by atoms with E-state index in [-0.39, 0.29) is 17.0 Å². The summed E-state index contributed by atoms with van der Waals surface area (Å²) in [7, 11) is 0. The number of halogens is 2. The van der Waals surface area contributed by atoms with Crippen LogP contribution in [0.15, 0.2) is 119 Å². The van der Waals surface area contributed by atoms with Crippen molar-refractivity contribution in [3.8, 4) is 0 Å². The van der Waals surface area contributed by atoms with Crippen LogP contribution >= 0.6 is 15.9 Å². The Kier molecular flexibility index (Phi) is 8.74. The van der Waals surface area contributed by atoms with Crippen molar-refractivity contribution >= 4 is 51.4 Å². The summed E-state index contributed by atoms with van der Waals surface area (Å²) in [4.78, 5) is 38.4. The zero-order valence-electron chi connectivity index (χ0n) is 20.0. The number of anilines is 1. The van der Waals surface area contributed by atoms with Crippen LogP contribution < -0.4 is 10.6 Å². The highest BCUT2D eigenvalue weighted by Gasteiger charge is 2.16. The second-order valence-corrected chi connectivity index (χ2v) is 9.10. The van der Waals surface area contributed by atoms with Crippen LogP contribution in [0.3, 0.4) is 0 Å². The van der Waals surface area contributed by atoms with Crippen molar-refractivity contribution in [2.45, 2.75) is 0 Å². The number of carbonyl (C=O) groups is 3. The number of hydrogen-bond acceptors (Lipinski definition) is 3. The van der Waals surface area contributed by atoms with Gasteiger partial charge in [-0.1, -0.05) is 70.5 Å². The molecule has 4 rings (SSSR count). The second-order valence-electron chi connectivity index (χ2n) is 8.18. The van der Waals surface area contributed by atoms with Crippen LogP contribution in [-0.4, -0.2) is 17.6 Å². The SMILES string of the molecule is O=C(Nc1ccc(C(=O)/C=C/c2ccc(Br)cc2)cc1)/C(=C/c1ccccc1F)NC(=O)c1ccccc1. The topological polar surface area (TPSA) is 75.3 Å². The molecular weight excluding hydrogens is 547 g/mol. The van der Waals surface area contributed by atoms with E-state index in [2.05, 4.69) is 26.6 Å². The van der Waals surface area contributed by atoms with Crippen molar-refractivity contribution < 1.29 is 18.8 Å². The first-order chi connectivity index (χ1) is 18.4. The molecule has 0 aromatic heterocycles. The zero-order chi connectivity index (χ0) is 26.9. The highest BCUT2D eigenvalue weighted by molar-refractivity contribution is 9.10. The third kappa shape index (κ3) is 7.21. The summed E-state index contributed by atoms with van der Waals surface area (Å²) >= 11 is 3.37. The van der Waals surface area contributed by atoms with Crippen LogP contribution in [0.4, 0.5) is 10.1 Å². The summed E-state index contributed by atoms with van der Waals surface area (Å²) in [6.07, 6.45) is 4.47. The third-order valence-electron chi connectivity index (χ3n) is 5.46. The van der Waals surface area contributed by atoms with E-state index >= 15 is 0 Å². The smallest absolute Gasteiger partial charge is 0.272 e. The first-order valence-electron chi connectivity index (χ1n) is 11.6. The van der Waals surface area contributed by atoms with Gasteiger partial charge < -0.3 is 10.6 Å². The van der Waals surface area contributed by atoms with Gasteiger partial charge in [0.25, 0.3) is 11.8 Å². The molecule has 38 heavy (non-hydrogen) atoms. The van der Waals surface area contributed by atoms with Gasteiger partial charge in [-0.2, -0.15) is 0 Å². The van der Waals surface area contributed by atoms with Crippen molar-refractivity contribution in [1.29, 1.82) is 0 Å². The van der Waals surface area contributed by atoms with Crippen molar-refractivity contribution in [1.82, 2.24) is 5.32 Å². The molecule has 5 nitrogen and oxygen atoms in total. The van der Waals surface area contributed by atoms with Crippen molar-refractivity contribution in [3.63, 3.8) is 0 Å². The lowest BCUT2D eigenvalue weighted by Gasteiger charge is -2.12. The molecule has 0 spiro atoms. The molecule has 0 aliphatic heterocycles. The van der Waals surface area contributed by atoms with E-state index in [0.717, 1.165) is 10.0 Å². The van der Waals surface area contributed by atoms with E-state index in [1.807, 2.05) is 24.3 Å². The number of carbonyl (C=O) groups excluding carboxylic acids is 3. The summed E-state index contributed by atoms with van der Waals surface area (Å²) in [5.74, 6) is -1.89. The van der Waals surface area contributed by atoms with Crippen LogP contribution in [0.5, 0.6) is 0 Å². The minimum atomic E-state index is -0.647. The quantitative estimate of drug-likeness (QED) is 0.179. The van der Waals surface area contributed by atoms with Gasteiger partial charge in [-0.15, -0.1) is 0 Å². The summed E-state index contributed by atoms with van der Waals surface area (Å²) in [6, 6.07) is 28.2. The maximum absolute atomic E-state index is 14.3. The summed E-state index contributed by atoms with van der Waals surface area (Å²) in [5.41, 5.74) is 2.08. The predicted molar refractivity (Wildman–Crippen MR) is 151 cm³/mol. The lowest BCUT2D eigenvalue weighted by Crippen LogP contribution is -2.30. The number of benzene rings is 4. The molecule has 0 saturated carbocycles. The van der Waals surface area contributed by atoms with Crippen LogP contribution in [0.2, 0.25) is 0 Å².